The van der Waals surface area contributed by atoms with Crippen LogP contribution in [0.2, 0.25) is 10.0 Å². The van der Waals surface area contributed by atoms with Gasteiger partial charge in [0, 0.05) is 19.5 Å². The second-order valence-corrected chi connectivity index (χ2v) is 7.39. The highest BCUT2D eigenvalue weighted by molar-refractivity contribution is 7.12. The summed E-state index contributed by atoms with van der Waals surface area (Å²) in [5.41, 5.74) is 0. The lowest BCUT2D eigenvalue weighted by Crippen LogP contribution is -2.35. The minimum Gasteiger partial charge on any atom is -0.489 e. The molecule has 9 heteroatoms. The van der Waals surface area contributed by atoms with Crippen molar-refractivity contribution >= 4 is 46.4 Å². The van der Waals surface area contributed by atoms with Crippen LogP contribution in [0.1, 0.15) is 22.5 Å². The SMILES string of the molecule is O=C(CCCNC(=O)c1cccs1)NCC(O)COc1cccc(Cl)c1Cl. The number of amides is 2. The van der Waals surface area contributed by atoms with Crippen molar-refractivity contribution in [2.75, 3.05) is 19.7 Å². The summed E-state index contributed by atoms with van der Waals surface area (Å²) in [5, 5.41) is 17.7. The molecule has 0 radical (unpaired) electrons. The number of thiophene rings is 1. The molecule has 146 valence electrons. The van der Waals surface area contributed by atoms with E-state index in [1.807, 2.05) is 11.4 Å². The molecule has 0 spiro atoms. The summed E-state index contributed by atoms with van der Waals surface area (Å²) in [6, 6.07) is 8.52. The van der Waals surface area contributed by atoms with Crippen LogP contribution >= 0.6 is 34.5 Å². The van der Waals surface area contributed by atoms with Crippen LogP contribution < -0.4 is 15.4 Å². The van der Waals surface area contributed by atoms with Gasteiger partial charge in [-0.05, 0) is 30.0 Å². The summed E-state index contributed by atoms with van der Waals surface area (Å²) in [5.74, 6) is 0.0221. The van der Waals surface area contributed by atoms with Gasteiger partial charge in [-0.2, -0.15) is 0 Å². The third-order valence-corrected chi connectivity index (χ3v) is 5.16. The zero-order valence-corrected chi connectivity index (χ0v) is 16.7. The molecule has 2 amide bonds. The second-order valence-electron chi connectivity index (χ2n) is 5.66. The Hall–Kier alpha value is -1.80. The van der Waals surface area contributed by atoms with Gasteiger partial charge in [-0.15, -0.1) is 11.3 Å². The number of aliphatic hydroxyl groups excluding tert-OH is 1. The molecule has 1 unspecified atom stereocenters. The maximum atomic E-state index is 11.8. The van der Waals surface area contributed by atoms with Crippen LogP contribution in [0.5, 0.6) is 5.75 Å². The van der Waals surface area contributed by atoms with Crippen molar-refractivity contribution in [3.63, 3.8) is 0 Å². The van der Waals surface area contributed by atoms with E-state index in [1.54, 1.807) is 24.3 Å². The molecular weight excluding hydrogens is 411 g/mol. The predicted octanol–water partition coefficient (Wildman–Crippen LogP) is 3.12. The average Bonchev–Trinajstić information content (AvgIpc) is 3.19. The maximum Gasteiger partial charge on any atom is 0.261 e. The molecule has 0 aliphatic carbocycles. The van der Waals surface area contributed by atoms with E-state index < -0.39 is 6.10 Å². The van der Waals surface area contributed by atoms with E-state index in [-0.39, 0.29) is 36.4 Å². The maximum absolute atomic E-state index is 11.8. The van der Waals surface area contributed by atoms with Crippen LogP contribution in [0.4, 0.5) is 0 Å². The lowest BCUT2D eigenvalue weighted by molar-refractivity contribution is -0.121. The number of hydrogen-bond donors (Lipinski definition) is 3. The van der Waals surface area contributed by atoms with E-state index in [0.29, 0.717) is 28.6 Å². The zero-order chi connectivity index (χ0) is 19.6. The molecule has 0 bridgehead atoms. The Bertz CT molecular complexity index is 756. The number of nitrogens with one attached hydrogen (secondary N) is 2. The molecule has 0 aliphatic rings. The van der Waals surface area contributed by atoms with Gasteiger partial charge in [0.05, 0.1) is 9.90 Å². The standard InChI is InChI=1S/C18H20Cl2N2O4S/c19-13-4-1-5-14(17(13)20)26-11-12(23)10-22-16(24)7-2-8-21-18(25)15-6-3-9-27-15/h1,3-6,9,12,23H,2,7-8,10-11H2,(H,21,25)(H,22,24). The lowest BCUT2D eigenvalue weighted by atomic mass is 10.2. The van der Waals surface area contributed by atoms with Gasteiger partial charge in [0.25, 0.3) is 5.91 Å². The van der Waals surface area contributed by atoms with E-state index in [1.165, 1.54) is 11.3 Å². The minimum absolute atomic E-state index is 0.0305. The van der Waals surface area contributed by atoms with E-state index in [2.05, 4.69) is 10.6 Å². The summed E-state index contributed by atoms with van der Waals surface area (Å²) >= 11 is 13.2. The van der Waals surface area contributed by atoms with Crippen molar-refractivity contribution in [3.05, 3.63) is 50.6 Å². The third kappa shape index (κ3) is 7.38. The molecular formula is C18H20Cl2N2O4S. The second kappa shape index (κ2) is 11.1. The van der Waals surface area contributed by atoms with Crippen molar-refractivity contribution < 1.29 is 19.4 Å². The summed E-state index contributed by atoms with van der Waals surface area (Å²) in [7, 11) is 0. The van der Waals surface area contributed by atoms with Crippen molar-refractivity contribution in [2.24, 2.45) is 0 Å². The third-order valence-electron chi connectivity index (χ3n) is 3.49. The van der Waals surface area contributed by atoms with Gasteiger partial charge in [-0.3, -0.25) is 9.59 Å². The van der Waals surface area contributed by atoms with Gasteiger partial charge < -0.3 is 20.5 Å². The monoisotopic (exact) mass is 430 g/mol. The number of rotatable bonds is 10. The zero-order valence-electron chi connectivity index (χ0n) is 14.4. The summed E-state index contributed by atoms with van der Waals surface area (Å²) in [6.45, 7) is 0.429. The highest BCUT2D eigenvalue weighted by Gasteiger charge is 2.11. The fourth-order valence-electron chi connectivity index (χ4n) is 2.11. The van der Waals surface area contributed by atoms with E-state index >= 15 is 0 Å². The predicted molar refractivity (Wildman–Crippen MR) is 107 cm³/mol. The Morgan fingerprint density at radius 2 is 2.00 bits per heavy atom. The molecule has 1 heterocycles. The van der Waals surface area contributed by atoms with Crippen LogP contribution in [0.25, 0.3) is 0 Å². The van der Waals surface area contributed by atoms with Gasteiger partial charge in [0.2, 0.25) is 5.91 Å². The van der Waals surface area contributed by atoms with Crippen LogP contribution in [0.15, 0.2) is 35.7 Å². The molecule has 0 saturated carbocycles. The van der Waals surface area contributed by atoms with Crippen LogP contribution in [-0.2, 0) is 4.79 Å². The first kappa shape index (κ1) is 21.5. The Morgan fingerprint density at radius 1 is 1.19 bits per heavy atom. The number of aliphatic hydroxyl groups is 1. The molecule has 6 nitrogen and oxygen atoms in total. The van der Waals surface area contributed by atoms with E-state index in [0.717, 1.165) is 0 Å². The summed E-state index contributed by atoms with van der Waals surface area (Å²) in [4.78, 5) is 24.2. The van der Waals surface area contributed by atoms with Crippen LogP contribution in [0, 0.1) is 0 Å². The first-order valence-electron chi connectivity index (χ1n) is 8.30. The van der Waals surface area contributed by atoms with Gasteiger partial charge in [-0.25, -0.2) is 0 Å². The molecule has 27 heavy (non-hydrogen) atoms. The molecule has 1 atom stereocenters. The highest BCUT2D eigenvalue weighted by Crippen LogP contribution is 2.31. The molecule has 1 aromatic heterocycles. The highest BCUT2D eigenvalue weighted by atomic mass is 35.5. The number of carbonyl (C=O) groups is 2. The molecule has 0 saturated heterocycles. The van der Waals surface area contributed by atoms with Crippen LogP contribution in [-0.4, -0.2) is 42.7 Å². The van der Waals surface area contributed by atoms with Crippen LogP contribution in [0.3, 0.4) is 0 Å². The minimum atomic E-state index is -0.887. The van der Waals surface area contributed by atoms with Crippen molar-refractivity contribution in [2.45, 2.75) is 18.9 Å². The lowest BCUT2D eigenvalue weighted by Gasteiger charge is -2.14. The Kier molecular flexibility index (Phi) is 8.87. The topological polar surface area (TPSA) is 87.7 Å². The van der Waals surface area contributed by atoms with Gasteiger partial charge in [-0.1, -0.05) is 35.3 Å². The van der Waals surface area contributed by atoms with E-state index in [4.69, 9.17) is 27.9 Å². The molecule has 2 aromatic rings. The normalized spacial score (nSPS) is 11.7. The average molecular weight is 431 g/mol. The molecule has 3 N–H and O–H groups in total. The van der Waals surface area contributed by atoms with Gasteiger partial charge in [0.1, 0.15) is 23.5 Å². The smallest absolute Gasteiger partial charge is 0.261 e. The van der Waals surface area contributed by atoms with Crippen molar-refractivity contribution in [3.8, 4) is 5.75 Å². The Balaban J connectivity index is 1.58. The number of halogens is 2. The fraction of sp³-hybridized carbons (Fsp3) is 0.333. The summed E-state index contributed by atoms with van der Waals surface area (Å²) < 4.78 is 5.41. The number of carbonyl (C=O) groups excluding carboxylic acids is 2. The fourth-order valence-corrected chi connectivity index (χ4v) is 3.09. The van der Waals surface area contributed by atoms with Crippen molar-refractivity contribution in [1.82, 2.24) is 10.6 Å². The Morgan fingerprint density at radius 3 is 2.74 bits per heavy atom. The van der Waals surface area contributed by atoms with Gasteiger partial charge in [0.15, 0.2) is 0 Å². The first-order valence-corrected chi connectivity index (χ1v) is 9.94. The number of hydrogen-bond acceptors (Lipinski definition) is 5. The van der Waals surface area contributed by atoms with Gasteiger partial charge >= 0.3 is 0 Å². The van der Waals surface area contributed by atoms with E-state index in [9.17, 15) is 14.7 Å². The Labute approximate surface area is 171 Å². The number of benzene rings is 1. The molecule has 0 aliphatic heterocycles. The molecule has 1 aromatic carbocycles. The number of ether oxygens (including phenoxy) is 1. The molecule has 0 fully saturated rings. The quantitative estimate of drug-likeness (QED) is 0.505. The summed E-state index contributed by atoms with van der Waals surface area (Å²) in [6.07, 6.45) is -0.131. The first-order chi connectivity index (χ1) is 13.0. The molecule has 2 rings (SSSR count). The largest absolute Gasteiger partial charge is 0.489 e. The van der Waals surface area contributed by atoms with Crippen molar-refractivity contribution in [1.29, 1.82) is 0 Å².